The Hall–Kier alpha value is -4.13. The highest BCUT2D eigenvalue weighted by atomic mass is 16.5. The minimum Gasteiger partial charge on any atom is -0.507 e. The van der Waals surface area contributed by atoms with E-state index in [9.17, 15) is 44.4 Å². The number of aromatic hydroxyl groups is 1. The van der Waals surface area contributed by atoms with E-state index in [0.717, 1.165) is 5.56 Å². The molecule has 0 saturated heterocycles. The zero-order valence-electron chi connectivity index (χ0n) is 29.6. The monoisotopic (exact) mass is 692 g/mol. The summed E-state index contributed by atoms with van der Waals surface area (Å²) in [5.74, 6) is -8.93. The van der Waals surface area contributed by atoms with Crippen molar-refractivity contribution in [2.24, 2.45) is 40.2 Å². The summed E-state index contributed by atoms with van der Waals surface area (Å²) in [6.07, 6.45) is -3.26. The van der Waals surface area contributed by atoms with Crippen molar-refractivity contribution in [1.29, 1.82) is 0 Å². The Morgan fingerprint density at radius 3 is 2.32 bits per heavy atom. The van der Waals surface area contributed by atoms with E-state index in [1.165, 1.54) is 12.1 Å². The highest BCUT2D eigenvalue weighted by Gasteiger charge is 2.76. The molecule has 0 bridgehead atoms. The molecule has 2 unspecified atom stereocenters. The number of nitrogens with one attached hydrogen (secondary N) is 1. The van der Waals surface area contributed by atoms with Crippen LogP contribution >= 0.6 is 0 Å². The fraction of sp³-hybridized carbons (Fsp3) is 0.553. The molecular formula is C38H48N2O10. The number of hydrogen-bond donors (Lipinski definition) is 6. The third-order valence-corrected chi connectivity index (χ3v) is 11.6. The second-order valence-corrected chi connectivity index (χ2v) is 15.4. The van der Waals surface area contributed by atoms with Gasteiger partial charge in [0.25, 0.3) is 5.91 Å². The molecule has 0 aliphatic heterocycles. The summed E-state index contributed by atoms with van der Waals surface area (Å²) in [5.41, 5.74) is 2.61. The molecule has 2 amide bonds. The number of amides is 2. The zero-order valence-corrected chi connectivity index (χ0v) is 29.6. The molecule has 8 atom stereocenters. The van der Waals surface area contributed by atoms with Gasteiger partial charge in [-0.25, -0.2) is 0 Å². The highest BCUT2D eigenvalue weighted by Crippen LogP contribution is 2.66. The summed E-state index contributed by atoms with van der Waals surface area (Å²) in [6, 6.07) is 8.11. The highest BCUT2D eigenvalue weighted by molar-refractivity contribution is 6.10. The number of fused-ring (bicyclic) bond motifs is 3. The van der Waals surface area contributed by atoms with E-state index in [2.05, 4.69) is 5.32 Å². The van der Waals surface area contributed by atoms with Crippen molar-refractivity contribution in [1.82, 2.24) is 5.32 Å². The lowest BCUT2D eigenvalue weighted by Crippen LogP contribution is -2.79. The van der Waals surface area contributed by atoms with Crippen molar-refractivity contribution in [2.75, 3.05) is 13.2 Å². The predicted molar refractivity (Wildman–Crippen MR) is 182 cm³/mol. The first-order valence-electron chi connectivity index (χ1n) is 17.2. The summed E-state index contributed by atoms with van der Waals surface area (Å²) in [7, 11) is 0. The van der Waals surface area contributed by atoms with Crippen LogP contribution in [0.1, 0.15) is 92.6 Å². The molecule has 5 rings (SSSR count). The van der Waals surface area contributed by atoms with Crippen LogP contribution in [0.25, 0.3) is 11.1 Å². The molecule has 0 aromatic heterocycles. The number of aliphatic hydroxyl groups is 3. The van der Waals surface area contributed by atoms with Gasteiger partial charge in [-0.2, -0.15) is 0 Å². The normalized spacial score (nSPS) is 31.9. The van der Waals surface area contributed by atoms with E-state index in [0.29, 0.717) is 11.1 Å². The van der Waals surface area contributed by atoms with E-state index in [1.807, 2.05) is 20.8 Å². The first-order chi connectivity index (χ1) is 23.3. The summed E-state index contributed by atoms with van der Waals surface area (Å²) < 4.78 is 4.87. The van der Waals surface area contributed by atoms with Gasteiger partial charge in [0, 0.05) is 16.5 Å². The van der Waals surface area contributed by atoms with Crippen LogP contribution in [0.15, 0.2) is 30.3 Å². The minimum atomic E-state index is -2.61. The van der Waals surface area contributed by atoms with Gasteiger partial charge in [0.05, 0.1) is 24.2 Å². The lowest BCUT2D eigenvalue weighted by atomic mass is 9.39. The topological polar surface area (TPSA) is 214 Å². The maximum Gasteiger partial charge on any atom is 0.325 e. The number of phenolic OH excluding ortho intramolecular Hbond substituents is 1. The van der Waals surface area contributed by atoms with Crippen molar-refractivity contribution in [3.8, 4) is 16.9 Å². The SMILES string of the molecule is CCOC(=O)CNC(=O)c1cccc(-c2cc(C(C)C)c3c(c2O)C(=O)[C@@H]2C(O)[C@@]4(O)C(=O)[C@H](C(N)=O)C(O)[C@H](C(C)C)[C@@]4(C)C[C@@]2(C)C3)c1. The third-order valence-electron chi connectivity index (χ3n) is 11.6. The van der Waals surface area contributed by atoms with Crippen LogP contribution in [-0.4, -0.2) is 80.7 Å². The second-order valence-electron chi connectivity index (χ2n) is 15.4. The molecule has 2 aromatic carbocycles. The molecule has 2 fully saturated rings. The van der Waals surface area contributed by atoms with Crippen molar-refractivity contribution in [3.63, 3.8) is 0 Å². The largest absolute Gasteiger partial charge is 0.507 e. The van der Waals surface area contributed by atoms with Crippen molar-refractivity contribution in [3.05, 3.63) is 52.6 Å². The molecule has 50 heavy (non-hydrogen) atoms. The molecule has 270 valence electrons. The number of ketones is 2. The quantitative estimate of drug-likeness (QED) is 0.176. The van der Waals surface area contributed by atoms with Crippen molar-refractivity contribution in [2.45, 2.75) is 85.0 Å². The number of aliphatic hydroxyl groups excluding tert-OH is 2. The van der Waals surface area contributed by atoms with Gasteiger partial charge in [-0.05, 0) is 77.8 Å². The van der Waals surface area contributed by atoms with Gasteiger partial charge in [0.1, 0.15) is 24.3 Å². The Bertz CT molecular complexity index is 1770. The summed E-state index contributed by atoms with van der Waals surface area (Å²) in [5, 5.41) is 50.3. The lowest BCUT2D eigenvalue weighted by Gasteiger charge is -2.66. The number of phenols is 1. The molecule has 0 heterocycles. The molecule has 3 aliphatic rings. The lowest BCUT2D eigenvalue weighted by molar-refractivity contribution is -0.265. The fourth-order valence-electron chi connectivity index (χ4n) is 9.66. The molecule has 12 heteroatoms. The van der Waals surface area contributed by atoms with Gasteiger partial charge in [-0.1, -0.05) is 53.7 Å². The molecule has 12 nitrogen and oxygen atoms in total. The number of esters is 1. The van der Waals surface area contributed by atoms with Gasteiger partial charge in [-0.3, -0.25) is 24.0 Å². The van der Waals surface area contributed by atoms with Crippen LogP contribution in [0.3, 0.4) is 0 Å². The van der Waals surface area contributed by atoms with Gasteiger partial charge in [-0.15, -0.1) is 0 Å². The van der Waals surface area contributed by atoms with Crippen LogP contribution < -0.4 is 11.1 Å². The molecule has 3 aliphatic carbocycles. The maximum atomic E-state index is 14.8. The fourth-order valence-corrected chi connectivity index (χ4v) is 9.66. The Labute approximate surface area is 291 Å². The van der Waals surface area contributed by atoms with E-state index < -0.39 is 75.7 Å². The number of Topliss-reactive ketones (excluding diaryl/α,β-unsaturated/α-hetero) is 2. The Kier molecular flexibility index (Phi) is 9.57. The smallest absolute Gasteiger partial charge is 0.325 e. The van der Waals surface area contributed by atoms with Crippen LogP contribution in [0.5, 0.6) is 5.75 Å². The number of benzene rings is 2. The number of primary amides is 1. The Balaban J connectivity index is 1.65. The third kappa shape index (κ3) is 5.43. The number of carbonyl (C=O) groups is 5. The average molecular weight is 693 g/mol. The van der Waals surface area contributed by atoms with Crippen LogP contribution in [0.2, 0.25) is 0 Å². The molecule has 0 spiro atoms. The van der Waals surface area contributed by atoms with E-state index in [4.69, 9.17) is 10.5 Å². The molecule has 7 N–H and O–H groups in total. The van der Waals surface area contributed by atoms with Crippen molar-refractivity contribution >= 4 is 29.4 Å². The number of hydrogen-bond acceptors (Lipinski definition) is 10. The number of nitrogens with two attached hydrogens (primary N) is 1. The van der Waals surface area contributed by atoms with Gasteiger partial charge < -0.3 is 36.2 Å². The average Bonchev–Trinajstić information content (AvgIpc) is 3.01. The standard InChI is InChI=1S/C38H48N2O10/c1-8-50-24(41)15-40-35(48)20-11-9-10-19(12-20)22-13-21(17(2)3)23-14-36(6)16-37(7)27(18(4)5)31(44)26(34(39)47)32(45)38(37,49)33(46)28(36)30(43)25(23)29(22)42/h9-13,17-18,26-28,31,33,42,44,46,49H,8,14-16H2,1-7H3,(H2,39,47)(H,40,48)/t26-,27+,28-,31?,33?,36-,37-,38+/m1/s1. The Morgan fingerprint density at radius 1 is 1.08 bits per heavy atom. The summed E-state index contributed by atoms with van der Waals surface area (Å²) in [4.78, 5) is 66.0. The first kappa shape index (κ1) is 37.1. The summed E-state index contributed by atoms with van der Waals surface area (Å²) in [6.45, 7) is 12.4. The van der Waals surface area contributed by atoms with E-state index in [1.54, 1.807) is 45.9 Å². The number of ether oxygens (including phenoxy) is 1. The molecule has 0 radical (unpaired) electrons. The second kappa shape index (κ2) is 12.9. The Morgan fingerprint density at radius 2 is 1.74 bits per heavy atom. The molecular weight excluding hydrogens is 644 g/mol. The first-order valence-corrected chi connectivity index (χ1v) is 17.2. The maximum absolute atomic E-state index is 14.8. The van der Waals surface area contributed by atoms with Crippen LogP contribution in [-0.2, 0) is 25.5 Å². The minimum absolute atomic E-state index is 0.0452. The van der Waals surface area contributed by atoms with Crippen LogP contribution in [0, 0.1) is 34.5 Å². The van der Waals surface area contributed by atoms with E-state index in [-0.39, 0.29) is 60.3 Å². The van der Waals surface area contributed by atoms with Crippen LogP contribution in [0.4, 0.5) is 0 Å². The van der Waals surface area contributed by atoms with E-state index >= 15 is 0 Å². The van der Waals surface area contributed by atoms with Gasteiger partial charge in [0.15, 0.2) is 17.2 Å². The summed E-state index contributed by atoms with van der Waals surface area (Å²) >= 11 is 0. The van der Waals surface area contributed by atoms with Gasteiger partial charge in [0.2, 0.25) is 5.91 Å². The van der Waals surface area contributed by atoms with Gasteiger partial charge >= 0.3 is 5.97 Å². The predicted octanol–water partition coefficient (Wildman–Crippen LogP) is 2.66. The number of rotatable bonds is 8. The molecule has 2 aromatic rings. The number of carbonyl (C=O) groups excluding carboxylic acids is 5. The molecule has 2 saturated carbocycles. The van der Waals surface area contributed by atoms with Crippen molar-refractivity contribution < 1.29 is 49.1 Å². The zero-order chi connectivity index (χ0) is 37.2.